The Hall–Kier alpha value is -1.92. The van der Waals surface area contributed by atoms with E-state index in [-0.39, 0.29) is 11.5 Å². The van der Waals surface area contributed by atoms with Crippen molar-refractivity contribution in [2.24, 2.45) is 5.73 Å². The quantitative estimate of drug-likeness (QED) is 0.730. The Morgan fingerprint density at radius 2 is 1.95 bits per heavy atom. The number of benzene rings is 1. The van der Waals surface area contributed by atoms with Crippen molar-refractivity contribution >= 4 is 17.6 Å². The number of carboxylic acid groups (broad SMARTS) is 1. The number of hydrogen-bond acceptors (Lipinski definition) is 4. The Balaban J connectivity index is 2.66. The molecule has 0 saturated heterocycles. The highest BCUT2D eigenvalue weighted by Crippen LogP contribution is 2.15. The molecule has 0 saturated carbocycles. The second-order valence-corrected chi connectivity index (χ2v) is 4.49. The third kappa shape index (κ3) is 4.32. The van der Waals surface area contributed by atoms with Crippen molar-refractivity contribution in [1.29, 1.82) is 0 Å². The van der Waals surface area contributed by atoms with Gasteiger partial charge in [0.25, 0.3) is 0 Å². The van der Waals surface area contributed by atoms with Crippen LogP contribution in [0, 0.1) is 0 Å². The van der Waals surface area contributed by atoms with Gasteiger partial charge in [0.2, 0.25) is 5.91 Å². The Labute approximate surface area is 118 Å². The highest BCUT2D eigenvalue weighted by atomic mass is 16.5. The third-order valence-electron chi connectivity index (χ3n) is 3.01. The SMILES string of the molecule is COCCCC(N)C(=O)N(C)c1ccc(C(=O)O)cc1. The van der Waals surface area contributed by atoms with Crippen LogP contribution in [-0.4, -0.2) is 43.8 Å². The van der Waals surface area contributed by atoms with Crippen molar-refractivity contribution in [3.63, 3.8) is 0 Å². The zero-order valence-corrected chi connectivity index (χ0v) is 11.7. The number of rotatable bonds is 7. The van der Waals surface area contributed by atoms with Gasteiger partial charge in [-0.1, -0.05) is 0 Å². The first-order chi connectivity index (χ1) is 9.47. The van der Waals surface area contributed by atoms with Crippen LogP contribution in [0.4, 0.5) is 5.69 Å². The summed E-state index contributed by atoms with van der Waals surface area (Å²) in [5.41, 5.74) is 6.63. The molecule has 1 aromatic carbocycles. The number of nitrogens with two attached hydrogens (primary N) is 1. The standard InChI is InChI=1S/C14H20N2O4/c1-16(13(17)12(15)4-3-9-20-2)11-7-5-10(6-8-11)14(18)19/h5-8,12H,3-4,9,15H2,1-2H3,(H,18,19). The minimum Gasteiger partial charge on any atom is -0.478 e. The van der Waals surface area contributed by atoms with Crippen LogP contribution < -0.4 is 10.6 Å². The molecule has 1 aromatic rings. The van der Waals surface area contributed by atoms with Crippen molar-refractivity contribution in [1.82, 2.24) is 0 Å². The van der Waals surface area contributed by atoms with E-state index in [0.29, 0.717) is 18.7 Å². The summed E-state index contributed by atoms with van der Waals surface area (Å²) in [4.78, 5) is 24.3. The van der Waals surface area contributed by atoms with E-state index < -0.39 is 12.0 Å². The molecule has 0 fully saturated rings. The van der Waals surface area contributed by atoms with Crippen LogP contribution in [0.3, 0.4) is 0 Å². The topological polar surface area (TPSA) is 92.9 Å². The number of carboxylic acids is 1. The van der Waals surface area contributed by atoms with Crippen LogP contribution in [0.1, 0.15) is 23.2 Å². The van der Waals surface area contributed by atoms with E-state index in [1.807, 2.05) is 0 Å². The molecular weight excluding hydrogens is 260 g/mol. The fraction of sp³-hybridized carbons (Fsp3) is 0.429. The highest BCUT2D eigenvalue weighted by molar-refractivity contribution is 5.97. The highest BCUT2D eigenvalue weighted by Gasteiger charge is 2.19. The largest absolute Gasteiger partial charge is 0.478 e. The van der Waals surface area contributed by atoms with Gasteiger partial charge in [0.1, 0.15) is 0 Å². The molecule has 0 aliphatic heterocycles. The zero-order chi connectivity index (χ0) is 15.1. The molecule has 6 nitrogen and oxygen atoms in total. The van der Waals surface area contributed by atoms with E-state index >= 15 is 0 Å². The normalized spacial score (nSPS) is 11.9. The maximum atomic E-state index is 12.1. The summed E-state index contributed by atoms with van der Waals surface area (Å²) in [5.74, 6) is -1.20. The van der Waals surface area contributed by atoms with Gasteiger partial charge in [-0.2, -0.15) is 0 Å². The Bertz CT molecular complexity index is 459. The van der Waals surface area contributed by atoms with Crippen molar-refractivity contribution in [3.8, 4) is 0 Å². The lowest BCUT2D eigenvalue weighted by Gasteiger charge is -2.21. The molecule has 1 rings (SSSR count). The molecule has 1 unspecified atom stereocenters. The molecule has 1 amide bonds. The summed E-state index contributed by atoms with van der Waals surface area (Å²) in [6.07, 6.45) is 1.26. The fourth-order valence-electron chi connectivity index (χ4n) is 1.77. The molecule has 0 aliphatic carbocycles. The summed E-state index contributed by atoms with van der Waals surface area (Å²) in [7, 11) is 3.22. The van der Waals surface area contributed by atoms with Crippen molar-refractivity contribution < 1.29 is 19.4 Å². The van der Waals surface area contributed by atoms with Crippen molar-refractivity contribution in [2.75, 3.05) is 25.7 Å². The number of nitrogens with zero attached hydrogens (tertiary/aromatic N) is 1. The number of aromatic carboxylic acids is 1. The molecule has 0 aromatic heterocycles. The predicted octanol–water partition coefficient (Wildman–Crippen LogP) is 1.10. The summed E-state index contributed by atoms with van der Waals surface area (Å²) >= 11 is 0. The molecule has 0 bridgehead atoms. The van der Waals surface area contributed by atoms with Gasteiger partial charge in [0.05, 0.1) is 11.6 Å². The van der Waals surface area contributed by atoms with Gasteiger partial charge in [-0.3, -0.25) is 4.79 Å². The molecule has 6 heteroatoms. The van der Waals surface area contributed by atoms with E-state index in [9.17, 15) is 9.59 Å². The van der Waals surface area contributed by atoms with Crippen LogP contribution in [-0.2, 0) is 9.53 Å². The molecule has 0 aliphatic rings. The second kappa shape index (κ2) is 7.62. The van der Waals surface area contributed by atoms with E-state index in [0.717, 1.165) is 6.42 Å². The van der Waals surface area contributed by atoms with E-state index in [4.69, 9.17) is 15.6 Å². The molecular formula is C14H20N2O4. The lowest BCUT2D eigenvalue weighted by Crippen LogP contribution is -2.42. The number of methoxy groups -OCH3 is 1. The summed E-state index contributed by atoms with van der Waals surface area (Å²) in [6.45, 7) is 0.567. The maximum Gasteiger partial charge on any atom is 0.335 e. The number of ether oxygens (including phenoxy) is 1. The fourth-order valence-corrected chi connectivity index (χ4v) is 1.77. The monoisotopic (exact) mass is 280 g/mol. The minimum atomic E-state index is -0.998. The van der Waals surface area contributed by atoms with E-state index in [2.05, 4.69) is 0 Å². The molecule has 0 heterocycles. The van der Waals surface area contributed by atoms with Gasteiger partial charge in [-0.05, 0) is 37.1 Å². The molecule has 0 spiro atoms. The van der Waals surface area contributed by atoms with Crippen LogP contribution in [0.25, 0.3) is 0 Å². The number of carbonyl (C=O) groups excluding carboxylic acids is 1. The number of carbonyl (C=O) groups is 2. The van der Waals surface area contributed by atoms with Crippen molar-refractivity contribution in [2.45, 2.75) is 18.9 Å². The second-order valence-electron chi connectivity index (χ2n) is 4.49. The first-order valence-corrected chi connectivity index (χ1v) is 6.32. The van der Waals surface area contributed by atoms with Gasteiger partial charge in [0, 0.05) is 26.5 Å². The Morgan fingerprint density at radius 1 is 1.35 bits per heavy atom. The predicted molar refractivity (Wildman–Crippen MR) is 75.9 cm³/mol. The van der Waals surface area contributed by atoms with Gasteiger partial charge in [-0.25, -0.2) is 4.79 Å². The van der Waals surface area contributed by atoms with Crippen LogP contribution in [0.2, 0.25) is 0 Å². The number of likely N-dealkylation sites (N-methyl/N-ethyl adjacent to an activating group) is 1. The molecule has 0 radical (unpaired) electrons. The molecule has 110 valence electrons. The smallest absolute Gasteiger partial charge is 0.335 e. The Morgan fingerprint density at radius 3 is 2.45 bits per heavy atom. The van der Waals surface area contributed by atoms with E-state index in [1.54, 1.807) is 26.3 Å². The third-order valence-corrected chi connectivity index (χ3v) is 3.01. The first kappa shape index (κ1) is 16.1. The van der Waals surface area contributed by atoms with Gasteiger partial charge >= 0.3 is 5.97 Å². The minimum absolute atomic E-state index is 0.180. The van der Waals surface area contributed by atoms with Gasteiger partial charge in [0.15, 0.2) is 0 Å². The lowest BCUT2D eigenvalue weighted by molar-refractivity contribution is -0.119. The number of hydrogen-bond donors (Lipinski definition) is 2. The van der Waals surface area contributed by atoms with Crippen molar-refractivity contribution in [3.05, 3.63) is 29.8 Å². The van der Waals surface area contributed by atoms with Gasteiger partial charge < -0.3 is 20.5 Å². The average molecular weight is 280 g/mol. The number of anilines is 1. The Kier molecular flexibility index (Phi) is 6.14. The first-order valence-electron chi connectivity index (χ1n) is 6.32. The summed E-state index contributed by atoms with van der Waals surface area (Å²) in [6, 6.07) is 5.50. The van der Waals surface area contributed by atoms with Gasteiger partial charge in [-0.15, -0.1) is 0 Å². The molecule has 3 N–H and O–H groups in total. The summed E-state index contributed by atoms with van der Waals surface area (Å²) in [5, 5.41) is 8.82. The maximum absolute atomic E-state index is 12.1. The average Bonchev–Trinajstić information content (AvgIpc) is 2.46. The molecule has 1 atom stereocenters. The van der Waals surface area contributed by atoms with Crippen LogP contribution in [0.5, 0.6) is 0 Å². The lowest BCUT2D eigenvalue weighted by atomic mass is 10.1. The van der Waals surface area contributed by atoms with Crippen LogP contribution >= 0.6 is 0 Å². The molecule has 20 heavy (non-hydrogen) atoms. The van der Waals surface area contributed by atoms with Crippen LogP contribution in [0.15, 0.2) is 24.3 Å². The summed E-state index contributed by atoms with van der Waals surface area (Å²) < 4.78 is 4.92. The number of amides is 1. The van der Waals surface area contributed by atoms with E-state index in [1.165, 1.54) is 17.0 Å². The zero-order valence-electron chi connectivity index (χ0n) is 11.7.